The molecule has 2 aromatic heterocycles. The van der Waals surface area contributed by atoms with E-state index in [1.807, 2.05) is 13.8 Å². The quantitative estimate of drug-likeness (QED) is 0.736. The van der Waals surface area contributed by atoms with Crippen molar-refractivity contribution in [3.8, 4) is 0 Å². The summed E-state index contributed by atoms with van der Waals surface area (Å²) < 4.78 is 12.5. The number of fused-ring (bicyclic) bond motifs is 1. The van der Waals surface area contributed by atoms with Crippen LogP contribution in [0.25, 0.3) is 5.57 Å². The van der Waals surface area contributed by atoms with Crippen molar-refractivity contribution < 1.29 is 9.32 Å². The normalized spacial score (nSPS) is 19.1. The largest absolute Gasteiger partial charge is 0.394 e. The summed E-state index contributed by atoms with van der Waals surface area (Å²) in [6.45, 7) is 5.04. The number of aliphatic hydroxyl groups excluding tert-OH is 1. The van der Waals surface area contributed by atoms with Gasteiger partial charge >= 0.3 is 0 Å². The fraction of sp³-hybridized carbons (Fsp3) is 0.474. The topological polar surface area (TPSA) is 104 Å². The molecule has 0 bridgehead atoms. The standard InChI is InChI=1S/C19H23ClN6O2S/c1-19(2,11-27)25-17-15-14(5-8-29(15)28)23-18(24-17)26-6-3-12(4-7-26)16-21-9-13(20)10-22-16/h3,9-10,27H,4-8,11H2,1-2H3,(H,23,24,25). The molecule has 154 valence electrons. The van der Waals surface area contributed by atoms with Crippen molar-refractivity contribution >= 4 is 39.7 Å². The molecule has 8 nitrogen and oxygen atoms in total. The highest BCUT2D eigenvalue weighted by molar-refractivity contribution is 7.85. The van der Waals surface area contributed by atoms with Crippen LogP contribution in [0.5, 0.6) is 0 Å². The molecule has 0 spiro atoms. The molecule has 0 saturated heterocycles. The smallest absolute Gasteiger partial charge is 0.227 e. The van der Waals surface area contributed by atoms with Crippen molar-refractivity contribution in [3.05, 3.63) is 35.0 Å². The maximum atomic E-state index is 12.5. The molecule has 4 rings (SSSR count). The molecular formula is C19H23ClN6O2S. The number of halogens is 1. The first kappa shape index (κ1) is 20.2. The van der Waals surface area contributed by atoms with Gasteiger partial charge in [0, 0.05) is 37.7 Å². The van der Waals surface area contributed by atoms with Gasteiger partial charge in [0.2, 0.25) is 5.95 Å². The lowest BCUT2D eigenvalue weighted by molar-refractivity contribution is 0.233. The monoisotopic (exact) mass is 434 g/mol. The van der Waals surface area contributed by atoms with Crippen LogP contribution in [-0.2, 0) is 17.2 Å². The van der Waals surface area contributed by atoms with Crippen LogP contribution < -0.4 is 10.2 Å². The highest BCUT2D eigenvalue weighted by atomic mass is 35.5. The Bertz CT molecular complexity index is 979. The minimum Gasteiger partial charge on any atom is -0.394 e. The number of aromatic nitrogens is 4. The Kier molecular flexibility index (Phi) is 5.54. The van der Waals surface area contributed by atoms with E-state index in [2.05, 4.69) is 31.2 Å². The van der Waals surface area contributed by atoms with Gasteiger partial charge in [-0.25, -0.2) is 15.0 Å². The van der Waals surface area contributed by atoms with Crippen LogP contribution in [0.15, 0.2) is 23.4 Å². The third-order valence-electron chi connectivity index (χ3n) is 4.93. The number of nitrogens with zero attached hydrogens (tertiary/aromatic N) is 5. The molecule has 10 heteroatoms. The highest BCUT2D eigenvalue weighted by Crippen LogP contribution is 2.32. The minimum atomic E-state index is -1.12. The first-order valence-electron chi connectivity index (χ1n) is 9.46. The molecule has 0 radical (unpaired) electrons. The van der Waals surface area contributed by atoms with Crippen molar-refractivity contribution in [2.45, 2.75) is 37.1 Å². The first-order chi connectivity index (χ1) is 13.9. The molecule has 2 aliphatic rings. The van der Waals surface area contributed by atoms with Crippen molar-refractivity contribution in [1.29, 1.82) is 0 Å². The predicted octanol–water partition coefficient (Wildman–Crippen LogP) is 2.06. The number of nitrogens with one attached hydrogen (secondary N) is 1. The Balaban J connectivity index is 1.61. The molecule has 29 heavy (non-hydrogen) atoms. The average molecular weight is 435 g/mol. The van der Waals surface area contributed by atoms with Gasteiger partial charge in [-0.05, 0) is 25.8 Å². The molecule has 0 aromatic carbocycles. The van der Waals surface area contributed by atoms with Gasteiger partial charge in [0.1, 0.15) is 10.7 Å². The molecule has 0 aliphatic carbocycles. The van der Waals surface area contributed by atoms with Crippen LogP contribution in [-0.4, -0.2) is 60.2 Å². The summed E-state index contributed by atoms with van der Waals surface area (Å²) in [5.41, 5.74) is 1.31. The number of aliphatic hydroxyl groups is 1. The molecule has 2 N–H and O–H groups in total. The van der Waals surface area contributed by atoms with E-state index in [9.17, 15) is 9.32 Å². The van der Waals surface area contributed by atoms with Crippen molar-refractivity contribution in [3.63, 3.8) is 0 Å². The Morgan fingerprint density at radius 2 is 2.03 bits per heavy atom. The summed E-state index contributed by atoms with van der Waals surface area (Å²) in [6.07, 6.45) is 6.70. The first-order valence-corrected chi connectivity index (χ1v) is 11.2. The highest BCUT2D eigenvalue weighted by Gasteiger charge is 2.30. The number of hydrogen-bond acceptors (Lipinski definition) is 8. The van der Waals surface area contributed by atoms with E-state index < -0.39 is 16.3 Å². The van der Waals surface area contributed by atoms with Crippen molar-refractivity contribution in [2.75, 3.05) is 35.7 Å². The Morgan fingerprint density at radius 1 is 1.28 bits per heavy atom. The molecule has 1 unspecified atom stereocenters. The van der Waals surface area contributed by atoms with E-state index in [0.29, 0.717) is 46.2 Å². The van der Waals surface area contributed by atoms with Crippen LogP contribution in [0.1, 0.15) is 31.8 Å². The van der Waals surface area contributed by atoms with Crippen LogP contribution in [0.4, 0.5) is 11.8 Å². The average Bonchev–Trinajstić information content (AvgIpc) is 3.09. The van der Waals surface area contributed by atoms with Gasteiger partial charge in [0.25, 0.3) is 0 Å². The van der Waals surface area contributed by atoms with Gasteiger partial charge in [-0.15, -0.1) is 0 Å². The Labute approximate surface area is 176 Å². The molecule has 2 aliphatic heterocycles. The van der Waals surface area contributed by atoms with E-state index in [1.54, 1.807) is 12.4 Å². The zero-order valence-electron chi connectivity index (χ0n) is 16.4. The maximum Gasteiger partial charge on any atom is 0.227 e. The van der Waals surface area contributed by atoms with Crippen LogP contribution >= 0.6 is 11.6 Å². The number of rotatable bonds is 5. The minimum absolute atomic E-state index is 0.0648. The zero-order valence-corrected chi connectivity index (χ0v) is 17.9. The third kappa shape index (κ3) is 4.26. The molecule has 4 heterocycles. The van der Waals surface area contributed by atoms with E-state index >= 15 is 0 Å². The van der Waals surface area contributed by atoms with Gasteiger partial charge in [-0.3, -0.25) is 4.21 Å². The summed E-state index contributed by atoms with van der Waals surface area (Å²) in [5, 5.41) is 13.4. The van der Waals surface area contributed by atoms with E-state index in [1.165, 1.54) is 0 Å². The second-order valence-electron chi connectivity index (χ2n) is 7.76. The zero-order chi connectivity index (χ0) is 20.6. The second kappa shape index (κ2) is 7.97. The lowest BCUT2D eigenvalue weighted by Crippen LogP contribution is -2.36. The van der Waals surface area contributed by atoms with Crippen LogP contribution in [0.3, 0.4) is 0 Å². The molecule has 0 amide bonds. The summed E-state index contributed by atoms with van der Waals surface area (Å²) in [7, 11) is -1.12. The van der Waals surface area contributed by atoms with Gasteiger partial charge in [0.05, 0.1) is 33.7 Å². The summed E-state index contributed by atoms with van der Waals surface area (Å²) >= 11 is 5.87. The maximum absolute atomic E-state index is 12.5. The SMILES string of the molecule is CC(C)(CO)Nc1nc(N2CC=C(c3ncc(Cl)cn3)CC2)nc2c1S(=O)CC2. The third-order valence-corrected chi connectivity index (χ3v) is 6.58. The predicted molar refractivity (Wildman–Crippen MR) is 114 cm³/mol. The summed E-state index contributed by atoms with van der Waals surface area (Å²) in [6, 6.07) is 0. The molecule has 2 aromatic rings. The van der Waals surface area contributed by atoms with Crippen molar-refractivity contribution in [1.82, 2.24) is 19.9 Å². The Hall–Kier alpha value is -2.10. The van der Waals surface area contributed by atoms with E-state index in [4.69, 9.17) is 16.6 Å². The fourth-order valence-corrected chi connectivity index (χ4v) is 4.71. The van der Waals surface area contributed by atoms with E-state index in [0.717, 1.165) is 24.2 Å². The number of anilines is 2. The molecule has 0 saturated carbocycles. The van der Waals surface area contributed by atoms with Gasteiger partial charge in [0.15, 0.2) is 5.82 Å². The number of hydrogen-bond donors (Lipinski definition) is 2. The van der Waals surface area contributed by atoms with Gasteiger partial charge in [-0.2, -0.15) is 4.98 Å². The Morgan fingerprint density at radius 3 is 2.69 bits per heavy atom. The van der Waals surface area contributed by atoms with Gasteiger partial charge < -0.3 is 15.3 Å². The van der Waals surface area contributed by atoms with Crippen LogP contribution in [0, 0.1) is 0 Å². The van der Waals surface area contributed by atoms with Gasteiger partial charge in [-0.1, -0.05) is 17.7 Å². The lowest BCUT2D eigenvalue weighted by Gasteiger charge is -2.29. The van der Waals surface area contributed by atoms with E-state index in [-0.39, 0.29) is 6.61 Å². The van der Waals surface area contributed by atoms with Crippen molar-refractivity contribution in [2.24, 2.45) is 0 Å². The lowest BCUT2D eigenvalue weighted by atomic mass is 10.1. The molecule has 1 atom stereocenters. The summed E-state index contributed by atoms with van der Waals surface area (Å²) in [4.78, 5) is 20.7. The second-order valence-corrected chi connectivity index (χ2v) is 9.71. The van der Waals surface area contributed by atoms with Crippen LogP contribution in [0.2, 0.25) is 5.02 Å². The molecule has 0 fully saturated rings. The fourth-order valence-electron chi connectivity index (χ4n) is 3.30. The summed E-state index contributed by atoms with van der Waals surface area (Å²) in [5.74, 6) is 2.40. The molecular weight excluding hydrogens is 412 g/mol. The number of aryl methyl sites for hydroxylation is 1.